The predicted octanol–water partition coefficient (Wildman–Crippen LogP) is 4.51. The molecule has 0 aliphatic rings. The van der Waals surface area contributed by atoms with E-state index in [1.807, 2.05) is 46.9 Å². The third-order valence-corrected chi connectivity index (χ3v) is 1.96. The molecule has 0 saturated heterocycles. The molecule has 1 nitrogen and oxygen atoms in total. The molecular weight excluding hydrogens is 182 g/mol. The van der Waals surface area contributed by atoms with E-state index in [9.17, 15) is 0 Å². The van der Waals surface area contributed by atoms with Crippen LogP contribution in [0.15, 0.2) is 48.4 Å². The SMILES string of the molecule is C=C/C=C(\C=C/C)N(C)/C(C)=C\C.CC. The van der Waals surface area contributed by atoms with Gasteiger partial charge >= 0.3 is 0 Å². The minimum Gasteiger partial charge on any atom is -0.349 e. The smallest absolute Gasteiger partial charge is 0.0401 e. The lowest BCUT2D eigenvalue weighted by atomic mass is 10.3. The summed E-state index contributed by atoms with van der Waals surface area (Å²) >= 11 is 0. The van der Waals surface area contributed by atoms with E-state index in [0.717, 1.165) is 5.70 Å². The lowest BCUT2D eigenvalue weighted by molar-refractivity contribution is 0.536. The summed E-state index contributed by atoms with van der Waals surface area (Å²) in [4.78, 5) is 2.13. The largest absolute Gasteiger partial charge is 0.349 e. The van der Waals surface area contributed by atoms with Gasteiger partial charge in [0.1, 0.15) is 0 Å². The molecule has 0 bridgehead atoms. The fraction of sp³-hybridized carbons (Fsp3) is 0.429. The van der Waals surface area contributed by atoms with E-state index in [-0.39, 0.29) is 0 Å². The molecular formula is C14H25N. The number of hydrogen-bond acceptors (Lipinski definition) is 1. The van der Waals surface area contributed by atoms with Crippen molar-refractivity contribution in [1.29, 1.82) is 0 Å². The van der Waals surface area contributed by atoms with E-state index in [1.165, 1.54) is 5.70 Å². The van der Waals surface area contributed by atoms with Crippen LogP contribution in [-0.2, 0) is 0 Å². The Hall–Kier alpha value is -1.24. The van der Waals surface area contributed by atoms with E-state index >= 15 is 0 Å². The highest BCUT2D eigenvalue weighted by atomic mass is 15.1. The number of rotatable bonds is 4. The molecule has 0 radical (unpaired) electrons. The van der Waals surface area contributed by atoms with Gasteiger partial charge in [-0.1, -0.05) is 38.7 Å². The summed E-state index contributed by atoms with van der Waals surface area (Å²) in [5.74, 6) is 0. The van der Waals surface area contributed by atoms with Crippen LogP contribution in [0.4, 0.5) is 0 Å². The standard InChI is InChI=1S/C12H19N.C2H6/c1-6-9-12(10-7-2)13(5)11(4)8-3;1-2/h6-10H,1H2,2-5H3;1-2H3/b10-7-,11-8-,12-9+;. The zero-order valence-corrected chi connectivity index (χ0v) is 11.0. The number of hydrogen-bond donors (Lipinski definition) is 0. The molecule has 0 aromatic rings. The highest BCUT2D eigenvalue weighted by Crippen LogP contribution is 2.10. The fourth-order valence-electron chi connectivity index (χ4n) is 0.968. The van der Waals surface area contributed by atoms with Crippen molar-refractivity contribution >= 4 is 0 Å². The summed E-state index contributed by atoms with van der Waals surface area (Å²) in [5, 5.41) is 0. The molecule has 0 aromatic carbocycles. The first-order chi connectivity index (χ1) is 7.17. The molecule has 15 heavy (non-hydrogen) atoms. The summed E-state index contributed by atoms with van der Waals surface area (Å²) < 4.78 is 0. The Morgan fingerprint density at radius 2 is 1.73 bits per heavy atom. The molecule has 0 atom stereocenters. The Bertz CT molecular complexity index is 244. The van der Waals surface area contributed by atoms with Gasteiger partial charge in [0.05, 0.1) is 0 Å². The molecule has 1 heteroatoms. The number of nitrogens with zero attached hydrogens (tertiary/aromatic N) is 1. The van der Waals surface area contributed by atoms with Crippen LogP contribution < -0.4 is 0 Å². The Balaban J connectivity index is 0. The van der Waals surface area contributed by atoms with E-state index in [0.29, 0.717) is 0 Å². The molecule has 0 spiro atoms. The third-order valence-electron chi connectivity index (χ3n) is 1.96. The normalized spacial score (nSPS) is 12.1. The second-order valence-corrected chi connectivity index (χ2v) is 2.82. The Kier molecular flexibility index (Phi) is 11.7. The van der Waals surface area contributed by atoms with E-state index in [4.69, 9.17) is 0 Å². The lowest BCUT2D eigenvalue weighted by Crippen LogP contribution is -2.13. The molecule has 0 N–H and O–H groups in total. The number of likely N-dealkylation sites (N-methyl/N-ethyl adjacent to an activating group) is 1. The van der Waals surface area contributed by atoms with E-state index in [1.54, 1.807) is 6.08 Å². The van der Waals surface area contributed by atoms with Crippen molar-refractivity contribution in [1.82, 2.24) is 4.90 Å². The molecule has 0 aliphatic heterocycles. The molecule has 0 amide bonds. The summed E-state index contributed by atoms with van der Waals surface area (Å²) in [6, 6.07) is 0. The molecule has 86 valence electrons. The fourth-order valence-corrected chi connectivity index (χ4v) is 0.968. The van der Waals surface area contributed by atoms with Gasteiger partial charge in [-0.15, -0.1) is 0 Å². The molecule has 0 saturated carbocycles. The first-order valence-corrected chi connectivity index (χ1v) is 5.49. The maximum atomic E-state index is 3.69. The average molecular weight is 207 g/mol. The van der Waals surface area contributed by atoms with Gasteiger partial charge in [0.25, 0.3) is 0 Å². The first-order valence-electron chi connectivity index (χ1n) is 5.49. The van der Waals surface area contributed by atoms with Gasteiger partial charge in [-0.25, -0.2) is 0 Å². The van der Waals surface area contributed by atoms with E-state index in [2.05, 4.69) is 30.6 Å². The van der Waals surface area contributed by atoms with Crippen LogP contribution in [0.25, 0.3) is 0 Å². The summed E-state index contributed by atoms with van der Waals surface area (Å²) in [5.41, 5.74) is 2.37. The molecule has 0 rings (SSSR count). The van der Waals surface area contributed by atoms with Crippen LogP contribution in [0.1, 0.15) is 34.6 Å². The third kappa shape index (κ3) is 6.78. The van der Waals surface area contributed by atoms with Crippen molar-refractivity contribution in [2.24, 2.45) is 0 Å². The van der Waals surface area contributed by atoms with Gasteiger partial charge in [0.15, 0.2) is 0 Å². The van der Waals surface area contributed by atoms with Crippen LogP contribution in [0.2, 0.25) is 0 Å². The first kappa shape index (κ1) is 16.2. The van der Waals surface area contributed by atoms with Gasteiger partial charge < -0.3 is 4.90 Å². The van der Waals surface area contributed by atoms with Gasteiger partial charge in [0, 0.05) is 18.4 Å². The predicted molar refractivity (Wildman–Crippen MR) is 71.6 cm³/mol. The van der Waals surface area contributed by atoms with Crippen molar-refractivity contribution in [2.75, 3.05) is 7.05 Å². The summed E-state index contributed by atoms with van der Waals surface area (Å²) in [6.07, 6.45) is 9.96. The second-order valence-electron chi connectivity index (χ2n) is 2.82. The zero-order valence-electron chi connectivity index (χ0n) is 11.0. The van der Waals surface area contributed by atoms with Crippen molar-refractivity contribution in [3.8, 4) is 0 Å². The summed E-state index contributed by atoms with van der Waals surface area (Å²) in [7, 11) is 2.05. The Morgan fingerprint density at radius 3 is 2.07 bits per heavy atom. The van der Waals surface area contributed by atoms with Gasteiger partial charge in [-0.2, -0.15) is 0 Å². The minimum atomic E-state index is 1.15. The van der Waals surface area contributed by atoms with Crippen molar-refractivity contribution in [3.05, 3.63) is 48.4 Å². The van der Waals surface area contributed by atoms with Crippen LogP contribution in [0.5, 0.6) is 0 Å². The van der Waals surface area contributed by atoms with Crippen molar-refractivity contribution < 1.29 is 0 Å². The Morgan fingerprint density at radius 1 is 1.20 bits per heavy atom. The zero-order chi connectivity index (χ0) is 12.3. The number of allylic oxidation sites excluding steroid dienone is 6. The lowest BCUT2D eigenvalue weighted by Gasteiger charge is -2.20. The molecule has 0 aromatic heterocycles. The summed E-state index contributed by atoms with van der Waals surface area (Å²) in [6.45, 7) is 13.8. The van der Waals surface area contributed by atoms with Gasteiger partial charge in [-0.3, -0.25) is 0 Å². The molecule has 0 heterocycles. The monoisotopic (exact) mass is 207 g/mol. The molecule has 0 aliphatic carbocycles. The average Bonchev–Trinajstić information content (AvgIpc) is 2.29. The van der Waals surface area contributed by atoms with Crippen LogP contribution in [0, 0.1) is 0 Å². The van der Waals surface area contributed by atoms with Crippen LogP contribution >= 0.6 is 0 Å². The highest BCUT2D eigenvalue weighted by molar-refractivity contribution is 5.24. The highest BCUT2D eigenvalue weighted by Gasteiger charge is 2.00. The topological polar surface area (TPSA) is 3.24 Å². The van der Waals surface area contributed by atoms with E-state index < -0.39 is 0 Å². The maximum absolute atomic E-state index is 3.69. The Labute approximate surface area is 95.5 Å². The molecule has 0 unspecified atom stereocenters. The van der Waals surface area contributed by atoms with Gasteiger partial charge in [0.2, 0.25) is 0 Å². The quantitative estimate of drug-likeness (QED) is 0.613. The molecule has 0 fully saturated rings. The van der Waals surface area contributed by atoms with Gasteiger partial charge in [-0.05, 0) is 32.9 Å². The van der Waals surface area contributed by atoms with Crippen molar-refractivity contribution in [2.45, 2.75) is 34.6 Å². The van der Waals surface area contributed by atoms with Crippen LogP contribution in [0.3, 0.4) is 0 Å². The minimum absolute atomic E-state index is 1.15. The van der Waals surface area contributed by atoms with Crippen LogP contribution in [-0.4, -0.2) is 11.9 Å². The maximum Gasteiger partial charge on any atom is 0.0401 e. The van der Waals surface area contributed by atoms with Crippen molar-refractivity contribution in [3.63, 3.8) is 0 Å². The second kappa shape index (κ2) is 10.8.